The summed E-state index contributed by atoms with van der Waals surface area (Å²) < 4.78 is 0. The first-order valence-corrected chi connectivity index (χ1v) is 6.65. The Morgan fingerprint density at radius 1 is 1.37 bits per heavy atom. The highest BCUT2D eigenvalue weighted by Crippen LogP contribution is 2.48. The minimum absolute atomic E-state index is 0.0673. The van der Waals surface area contributed by atoms with Crippen LogP contribution in [0, 0.1) is 0 Å². The van der Waals surface area contributed by atoms with E-state index in [0.29, 0.717) is 0 Å². The number of carbonyl (C=O) groups excluding carboxylic acids is 1. The van der Waals surface area contributed by atoms with Crippen LogP contribution in [-0.4, -0.2) is 16.1 Å². The molecule has 1 aromatic heterocycles. The lowest BCUT2D eigenvalue weighted by Gasteiger charge is -2.15. The van der Waals surface area contributed by atoms with Gasteiger partial charge in [-0.05, 0) is 24.8 Å². The van der Waals surface area contributed by atoms with Crippen molar-refractivity contribution in [1.29, 1.82) is 0 Å². The van der Waals surface area contributed by atoms with Gasteiger partial charge >= 0.3 is 0 Å². The molecular formula is C15H17N3O. The summed E-state index contributed by atoms with van der Waals surface area (Å²) in [5, 5.41) is 9.82. The molecule has 4 heteroatoms. The smallest absolute Gasteiger partial charge is 0.236 e. The molecule has 1 saturated carbocycles. The van der Waals surface area contributed by atoms with Crippen molar-refractivity contribution in [2.45, 2.75) is 31.6 Å². The molecule has 4 nitrogen and oxygen atoms in total. The first kappa shape index (κ1) is 12.0. The van der Waals surface area contributed by atoms with Crippen LogP contribution in [0.4, 0.5) is 5.82 Å². The predicted octanol–water partition coefficient (Wildman–Crippen LogP) is 2.64. The van der Waals surface area contributed by atoms with E-state index < -0.39 is 0 Å². The van der Waals surface area contributed by atoms with E-state index in [1.165, 1.54) is 0 Å². The second-order valence-electron chi connectivity index (χ2n) is 5.03. The summed E-state index contributed by atoms with van der Waals surface area (Å²) in [6.07, 6.45) is 4.44. The Bertz CT molecular complexity index is 584. The van der Waals surface area contributed by atoms with Gasteiger partial charge in [0.15, 0.2) is 0 Å². The van der Waals surface area contributed by atoms with E-state index in [-0.39, 0.29) is 11.3 Å². The zero-order chi connectivity index (χ0) is 13.3. The number of aromatic nitrogens is 2. The third-order valence-corrected chi connectivity index (χ3v) is 3.85. The predicted molar refractivity (Wildman–Crippen MR) is 73.9 cm³/mol. The normalized spacial score (nSPS) is 16.1. The van der Waals surface area contributed by atoms with Gasteiger partial charge in [-0.2, -0.15) is 5.10 Å². The number of nitrogens with zero attached hydrogens (tertiary/aromatic N) is 1. The molecule has 1 aliphatic rings. The highest BCUT2D eigenvalue weighted by molar-refractivity contribution is 6.01. The van der Waals surface area contributed by atoms with Crippen LogP contribution >= 0.6 is 0 Å². The van der Waals surface area contributed by atoms with E-state index in [4.69, 9.17) is 0 Å². The fourth-order valence-electron chi connectivity index (χ4n) is 2.45. The van der Waals surface area contributed by atoms with E-state index in [0.717, 1.165) is 36.2 Å². The molecule has 2 aromatic rings. The molecule has 19 heavy (non-hydrogen) atoms. The number of rotatable bonds is 4. The highest BCUT2D eigenvalue weighted by Gasteiger charge is 2.51. The van der Waals surface area contributed by atoms with Crippen LogP contribution in [0.2, 0.25) is 0 Å². The molecule has 2 N–H and O–H groups in total. The van der Waals surface area contributed by atoms with Crippen molar-refractivity contribution in [1.82, 2.24) is 10.2 Å². The van der Waals surface area contributed by atoms with Crippen LogP contribution in [0.5, 0.6) is 0 Å². The van der Waals surface area contributed by atoms with Crippen LogP contribution < -0.4 is 5.32 Å². The molecular weight excluding hydrogens is 238 g/mol. The van der Waals surface area contributed by atoms with Crippen molar-refractivity contribution in [3.05, 3.63) is 47.7 Å². The Balaban J connectivity index is 1.82. The number of benzene rings is 1. The lowest BCUT2D eigenvalue weighted by atomic mass is 9.95. The fourth-order valence-corrected chi connectivity index (χ4v) is 2.45. The third kappa shape index (κ3) is 2.03. The zero-order valence-electron chi connectivity index (χ0n) is 10.9. The molecule has 0 bridgehead atoms. The topological polar surface area (TPSA) is 57.8 Å². The lowest BCUT2D eigenvalue weighted by molar-refractivity contribution is -0.118. The quantitative estimate of drug-likeness (QED) is 0.882. The molecule has 0 radical (unpaired) electrons. The van der Waals surface area contributed by atoms with Crippen LogP contribution in [0.1, 0.15) is 30.9 Å². The van der Waals surface area contributed by atoms with Gasteiger partial charge in [0.25, 0.3) is 0 Å². The van der Waals surface area contributed by atoms with Gasteiger partial charge in [0.2, 0.25) is 5.91 Å². The van der Waals surface area contributed by atoms with Crippen molar-refractivity contribution in [3.63, 3.8) is 0 Å². The van der Waals surface area contributed by atoms with Gasteiger partial charge in [-0.15, -0.1) is 0 Å². The molecule has 3 rings (SSSR count). The minimum Gasteiger partial charge on any atom is -0.310 e. The number of amides is 1. The Hall–Kier alpha value is -2.10. The van der Waals surface area contributed by atoms with Gasteiger partial charge < -0.3 is 5.32 Å². The van der Waals surface area contributed by atoms with E-state index in [1.807, 2.05) is 37.3 Å². The van der Waals surface area contributed by atoms with Crippen molar-refractivity contribution in [3.8, 4) is 0 Å². The Morgan fingerprint density at radius 3 is 2.74 bits per heavy atom. The largest absolute Gasteiger partial charge is 0.310 e. The zero-order valence-corrected chi connectivity index (χ0v) is 10.9. The SMILES string of the molecule is CCc1cn[nH]c1NC(=O)C1(c2ccccc2)CC1. The number of aromatic amines is 1. The maximum Gasteiger partial charge on any atom is 0.236 e. The van der Waals surface area contributed by atoms with Crippen LogP contribution in [-0.2, 0) is 16.6 Å². The molecule has 1 fully saturated rings. The first-order chi connectivity index (χ1) is 9.26. The van der Waals surface area contributed by atoms with Crippen molar-refractivity contribution in [2.24, 2.45) is 0 Å². The number of aryl methyl sites for hydroxylation is 1. The minimum atomic E-state index is -0.336. The molecule has 1 aromatic carbocycles. The van der Waals surface area contributed by atoms with E-state index in [9.17, 15) is 4.79 Å². The summed E-state index contributed by atoms with van der Waals surface area (Å²) in [4.78, 5) is 12.5. The van der Waals surface area contributed by atoms with Gasteiger partial charge in [0, 0.05) is 5.56 Å². The molecule has 0 unspecified atom stereocenters. The molecule has 1 amide bonds. The average molecular weight is 255 g/mol. The Kier molecular flexibility index (Phi) is 2.85. The summed E-state index contributed by atoms with van der Waals surface area (Å²) in [5.41, 5.74) is 1.81. The number of carbonyl (C=O) groups is 1. The molecule has 1 heterocycles. The molecule has 0 aliphatic heterocycles. The van der Waals surface area contributed by atoms with E-state index >= 15 is 0 Å². The first-order valence-electron chi connectivity index (χ1n) is 6.65. The highest BCUT2D eigenvalue weighted by atomic mass is 16.2. The van der Waals surface area contributed by atoms with Crippen LogP contribution in [0.3, 0.4) is 0 Å². The molecule has 1 aliphatic carbocycles. The molecule has 0 saturated heterocycles. The van der Waals surface area contributed by atoms with Gasteiger partial charge in [-0.25, -0.2) is 0 Å². The number of anilines is 1. The molecule has 0 spiro atoms. The second kappa shape index (κ2) is 4.53. The Labute approximate surface area is 112 Å². The number of hydrogen-bond acceptors (Lipinski definition) is 2. The second-order valence-corrected chi connectivity index (χ2v) is 5.03. The molecule has 0 atom stereocenters. The maximum absolute atomic E-state index is 12.5. The summed E-state index contributed by atoms with van der Waals surface area (Å²) in [7, 11) is 0. The summed E-state index contributed by atoms with van der Waals surface area (Å²) >= 11 is 0. The van der Waals surface area contributed by atoms with E-state index in [2.05, 4.69) is 15.5 Å². The maximum atomic E-state index is 12.5. The summed E-state index contributed by atoms with van der Waals surface area (Å²) in [6, 6.07) is 9.99. The molecule has 98 valence electrons. The summed E-state index contributed by atoms with van der Waals surface area (Å²) in [5.74, 6) is 0.798. The lowest BCUT2D eigenvalue weighted by Crippen LogP contribution is -2.28. The third-order valence-electron chi connectivity index (χ3n) is 3.85. The number of hydrogen-bond donors (Lipinski definition) is 2. The van der Waals surface area contributed by atoms with Gasteiger partial charge in [-0.1, -0.05) is 37.3 Å². The van der Waals surface area contributed by atoms with Gasteiger partial charge in [-0.3, -0.25) is 9.89 Å². The van der Waals surface area contributed by atoms with Crippen molar-refractivity contribution >= 4 is 11.7 Å². The van der Waals surface area contributed by atoms with Crippen LogP contribution in [0.15, 0.2) is 36.5 Å². The summed E-state index contributed by atoms with van der Waals surface area (Å²) in [6.45, 7) is 2.05. The number of H-pyrrole nitrogens is 1. The standard InChI is InChI=1S/C15H17N3O/c1-2-11-10-16-18-13(11)17-14(19)15(8-9-15)12-6-4-3-5-7-12/h3-7,10H,2,8-9H2,1H3,(H2,16,17,18,19). The fraction of sp³-hybridized carbons (Fsp3) is 0.333. The van der Waals surface area contributed by atoms with Gasteiger partial charge in [0.05, 0.1) is 11.6 Å². The average Bonchev–Trinajstić information content (AvgIpc) is 3.15. The van der Waals surface area contributed by atoms with Gasteiger partial charge in [0.1, 0.15) is 5.82 Å². The number of nitrogens with one attached hydrogen (secondary N) is 2. The van der Waals surface area contributed by atoms with Crippen molar-refractivity contribution in [2.75, 3.05) is 5.32 Å². The van der Waals surface area contributed by atoms with Crippen molar-refractivity contribution < 1.29 is 4.79 Å². The van der Waals surface area contributed by atoms with Crippen LogP contribution in [0.25, 0.3) is 0 Å². The Morgan fingerprint density at radius 2 is 2.11 bits per heavy atom. The monoisotopic (exact) mass is 255 g/mol. The van der Waals surface area contributed by atoms with E-state index in [1.54, 1.807) is 6.20 Å².